The largest absolute Gasteiger partial charge is 0.449 e. The van der Waals surface area contributed by atoms with Crippen LogP contribution in [0, 0.1) is 0 Å². The summed E-state index contributed by atoms with van der Waals surface area (Å²) in [4.78, 5) is 23.9. The number of carbonyl (C=O) groups is 2. The van der Waals surface area contributed by atoms with Gasteiger partial charge in [0, 0.05) is 12.1 Å². The van der Waals surface area contributed by atoms with E-state index in [1.165, 1.54) is 31.2 Å². The molecular formula is C17H26N2O5S. The average molecular weight is 370 g/mol. The zero-order valence-electron chi connectivity index (χ0n) is 15.2. The van der Waals surface area contributed by atoms with Gasteiger partial charge in [0.1, 0.15) is 0 Å². The number of hydrogen-bond donors (Lipinski definition) is 2. The molecule has 0 aromatic heterocycles. The van der Waals surface area contributed by atoms with Crippen LogP contribution in [0.1, 0.15) is 51.4 Å². The first-order valence-corrected chi connectivity index (χ1v) is 9.68. The fraction of sp³-hybridized carbons (Fsp3) is 0.529. The Morgan fingerprint density at radius 1 is 1.08 bits per heavy atom. The van der Waals surface area contributed by atoms with Gasteiger partial charge in [-0.15, -0.1) is 0 Å². The number of ether oxygens (including phenoxy) is 1. The minimum atomic E-state index is -3.63. The molecule has 0 unspecified atom stereocenters. The first kappa shape index (κ1) is 21.1. The third-order valence-electron chi connectivity index (χ3n) is 3.45. The molecule has 0 spiro atoms. The molecule has 25 heavy (non-hydrogen) atoms. The van der Waals surface area contributed by atoms with Gasteiger partial charge in [-0.05, 0) is 58.4 Å². The smallest absolute Gasteiger partial charge is 0.338 e. The second-order valence-electron chi connectivity index (χ2n) is 6.17. The van der Waals surface area contributed by atoms with Crippen LogP contribution in [-0.2, 0) is 19.6 Å². The Labute approximate surface area is 149 Å². The van der Waals surface area contributed by atoms with Gasteiger partial charge in [-0.25, -0.2) is 17.9 Å². The van der Waals surface area contributed by atoms with Crippen LogP contribution >= 0.6 is 0 Å². The maximum Gasteiger partial charge on any atom is 0.338 e. The minimum Gasteiger partial charge on any atom is -0.449 e. The molecule has 0 aliphatic carbocycles. The lowest BCUT2D eigenvalue weighted by Crippen LogP contribution is -2.39. The maximum absolute atomic E-state index is 12.2. The number of amides is 1. The predicted octanol–water partition coefficient (Wildman–Crippen LogP) is 1.83. The van der Waals surface area contributed by atoms with Crippen LogP contribution in [0.3, 0.4) is 0 Å². The van der Waals surface area contributed by atoms with E-state index in [1.54, 1.807) is 20.8 Å². The van der Waals surface area contributed by atoms with E-state index in [0.717, 1.165) is 0 Å². The van der Waals surface area contributed by atoms with Crippen LogP contribution in [-0.4, -0.2) is 38.5 Å². The predicted molar refractivity (Wildman–Crippen MR) is 94.7 cm³/mol. The number of hydrogen-bond acceptors (Lipinski definition) is 5. The Bertz CT molecular complexity index is 698. The van der Waals surface area contributed by atoms with Crippen LogP contribution in [0.4, 0.5) is 0 Å². The van der Waals surface area contributed by atoms with E-state index in [2.05, 4.69) is 10.0 Å². The summed E-state index contributed by atoms with van der Waals surface area (Å²) in [5.74, 6) is -1.08. The van der Waals surface area contributed by atoms with Gasteiger partial charge in [0.25, 0.3) is 5.91 Å². The maximum atomic E-state index is 12.2. The molecule has 7 nitrogen and oxygen atoms in total. The molecular weight excluding hydrogens is 344 g/mol. The molecule has 0 saturated carbocycles. The Kier molecular flexibility index (Phi) is 7.57. The summed E-state index contributed by atoms with van der Waals surface area (Å²) in [6.45, 7) is 8.73. The monoisotopic (exact) mass is 370 g/mol. The molecule has 0 saturated heterocycles. The third-order valence-corrected chi connectivity index (χ3v) is 5.06. The lowest BCUT2D eigenvalue weighted by Gasteiger charge is -2.15. The van der Waals surface area contributed by atoms with Crippen LogP contribution in [0.5, 0.6) is 0 Å². The van der Waals surface area contributed by atoms with Gasteiger partial charge in [0.05, 0.1) is 10.5 Å². The highest BCUT2D eigenvalue weighted by Crippen LogP contribution is 2.13. The van der Waals surface area contributed by atoms with Crippen LogP contribution < -0.4 is 10.0 Å². The first-order valence-electron chi connectivity index (χ1n) is 8.20. The summed E-state index contributed by atoms with van der Waals surface area (Å²) in [7, 11) is -3.63. The molecule has 140 valence electrons. The second kappa shape index (κ2) is 8.96. The molecule has 0 bridgehead atoms. The van der Waals surface area contributed by atoms with E-state index in [9.17, 15) is 18.0 Å². The summed E-state index contributed by atoms with van der Waals surface area (Å²) >= 11 is 0. The van der Waals surface area contributed by atoms with E-state index in [0.29, 0.717) is 6.42 Å². The Morgan fingerprint density at radius 2 is 1.64 bits per heavy atom. The number of sulfonamides is 1. The molecule has 0 heterocycles. The molecule has 0 aliphatic heterocycles. The molecule has 8 heteroatoms. The molecule has 0 fully saturated rings. The Morgan fingerprint density at radius 3 is 2.12 bits per heavy atom. The topological polar surface area (TPSA) is 102 Å². The van der Waals surface area contributed by atoms with E-state index < -0.39 is 22.1 Å². The second-order valence-corrected chi connectivity index (χ2v) is 7.88. The van der Waals surface area contributed by atoms with Crippen molar-refractivity contribution in [2.75, 3.05) is 0 Å². The number of carbonyl (C=O) groups excluding carboxylic acids is 2. The summed E-state index contributed by atoms with van der Waals surface area (Å²) < 4.78 is 32.0. The molecule has 0 aliphatic rings. The van der Waals surface area contributed by atoms with Gasteiger partial charge < -0.3 is 10.1 Å². The van der Waals surface area contributed by atoms with Crippen molar-refractivity contribution in [3.8, 4) is 0 Å². The van der Waals surface area contributed by atoms with Gasteiger partial charge in [-0.1, -0.05) is 6.92 Å². The number of esters is 1. The molecule has 0 radical (unpaired) electrons. The highest BCUT2D eigenvalue weighted by atomic mass is 32.2. The summed E-state index contributed by atoms with van der Waals surface area (Å²) in [6, 6.07) is 5.15. The first-order chi connectivity index (χ1) is 11.6. The normalized spacial score (nSPS) is 14.0. The van der Waals surface area contributed by atoms with Gasteiger partial charge in [-0.3, -0.25) is 4.79 Å². The van der Waals surface area contributed by atoms with Crippen molar-refractivity contribution in [3.05, 3.63) is 29.8 Å². The zero-order chi connectivity index (χ0) is 19.2. The van der Waals surface area contributed by atoms with Crippen molar-refractivity contribution in [3.63, 3.8) is 0 Å². The van der Waals surface area contributed by atoms with Crippen LogP contribution in [0.2, 0.25) is 0 Å². The third kappa shape index (κ3) is 6.47. The Hall–Kier alpha value is -1.93. The van der Waals surface area contributed by atoms with Crippen molar-refractivity contribution in [1.29, 1.82) is 0 Å². The Balaban J connectivity index is 2.79. The molecule has 1 aromatic rings. The molecule has 2 atom stereocenters. The standard InChI is InChI=1S/C17H26N2O5S/c1-6-12(4)19-25(22,23)15-9-7-14(8-10-15)17(21)24-13(5)16(20)18-11(2)3/h7-13,19H,6H2,1-5H3,(H,18,20)/t12-,13+/m1/s1. The van der Waals surface area contributed by atoms with Crippen molar-refractivity contribution < 1.29 is 22.7 Å². The van der Waals surface area contributed by atoms with E-state index in [1.807, 2.05) is 6.92 Å². The van der Waals surface area contributed by atoms with Crippen molar-refractivity contribution >= 4 is 21.9 Å². The van der Waals surface area contributed by atoms with Crippen LogP contribution in [0.15, 0.2) is 29.2 Å². The van der Waals surface area contributed by atoms with Crippen molar-refractivity contribution in [2.45, 2.75) is 64.1 Å². The highest BCUT2D eigenvalue weighted by molar-refractivity contribution is 7.89. The van der Waals surface area contributed by atoms with Gasteiger partial charge in [-0.2, -0.15) is 0 Å². The fourth-order valence-electron chi connectivity index (χ4n) is 1.87. The van der Waals surface area contributed by atoms with Gasteiger partial charge in [0.15, 0.2) is 6.10 Å². The molecule has 1 amide bonds. The van der Waals surface area contributed by atoms with Crippen LogP contribution in [0.25, 0.3) is 0 Å². The van der Waals surface area contributed by atoms with E-state index in [4.69, 9.17) is 4.74 Å². The minimum absolute atomic E-state index is 0.0591. The average Bonchev–Trinajstić information content (AvgIpc) is 2.53. The van der Waals surface area contributed by atoms with Crippen molar-refractivity contribution in [2.24, 2.45) is 0 Å². The van der Waals surface area contributed by atoms with E-state index >= 15 is 0 Å². The quantitative estimate of drug-likeness (QED) is 0.680. The summed E-state index contributed by atoms with van der Waals surface area (Å²) in [5.41, 5.74) is 0.173. The highest BCUT2D eigenvalue weighted by Gasteiger charge is 2.21. The number of rotatable bonds is 8. The molecule has 1 rings (SSSR count). The number of nitrogens with one attached hydrogen (secondary N) is 2. The van der Waals surface area contributed by atoms with Gasteiger partial charge >= 0.3 is 5.97 Å². The lowest BCUT2D eigenvalue weighted by molar-refractivity contribution is -0.129. The van der Waals surface area contributed by atoms with Crippen molar-refractivity contribution in [1.82, 2.24) is 10.0 Å². The summed E-state index contributed by atoms with van der Waals surface area (Å²) in [6.07, 6.45) is -0.273. The SMILES string of the molecule is CC[C@@H](C)NS(=O)(=O)c1ccc(C(=O)O[C@@H](C)C(=O)NC(C)C)cc1. The van der Waals surface area contributed by atoms with E-state index in [-0.39, 0.29) is 28.4 Å². The zero-order valence-corrected chi connectivity index (χ0v) is 16.0. The summed E-state index contributed by atoms with van der Waals surface area (Å²) in [5, 5.41) is 2.65. The molecule has 2 N–H and O–H groups in total. The fourth-order valence-corrected chi connectivity index (χ4v) is 3.20. The molecule has 1 aromatic carbocycles. The number of benzene rings is 1. The lowest BCUT2D eigenvalue weighted by atomic mass is 10.2. The van der Waals surface area contributed by atoms with Gasteiger partial charge in [0.2, 0.25) is 10.0 Å².